The van der Waals surface area contributed by atoms with E-state index in [2.05, 4.69) is 10.6 Å². The molecule has 0 aliphatic heterocycles. The molecule has 0 aliphatic rings. The Kier molecular flexibility index (Phi) is 21.2. The highest BCUT2D eigenvalue weighted by atomic mass is 35.5. The first-order valence-electron chi connectivity index (χ1n) is 6.73. The van der Waals surface area contributed by atoms with Gasteiger partial charge in [-0.3, -0.25) is 0 Å². The normalized spacial score (nSPS) is 10.2. The van der Waals surface area contributed by atoms with Gasteiger partial charge in [0, 0.05) is 0 Å². The molecule has 0 amide bonds. The van der Waals surface area contributed by atoms with Gasteiger partial charge in [0.05, 0.1) is 0 Å². The third-order valence-corrected chi connectivity index (χ3v) is 2.57. The van der Waals surface area contributed by atoms with Crippen molar-refractivity contribution in [3.05, 3.63) is 0 Å². The van der Waals surface area contributed by atoms with Gasteiger partial charge in [0.15, 0.2) is 0 Å². The van der Waals surface area contributed by atoms with E-state index in [1.807, 2.05) is 0 Å². The van der Waals surface area contributed by atoms with Crippen LogP contribution < -0.4 is 22.1 Å². The van der Waals surface area contributed by atoms with Crippen LogP contribution in [-0.2, 0) is 0 Å². The minimum absolute atomic E-state index is 0. The molecule has 0 radical (unpaired) electrons. The van der Waals surface area contributed by atoms with E-state index in [-0.39, 0.29) is 12.4 Å². The van der Waals surface area contributed by atoms with E-state index in [0.29, 0.717) is 0 Å². The van der Waals surface area contributed by atoms with Crippen molar-refractivity contribution in [2.45, 2.75) is 38.5 Å². The van der Waals surface area contributed by atoms with Gasteiger partial charge in [0.1, 0.15) is 0 Å². The standard InChI is InChI=1S/C12H30N4.ClH/c13-7-2-1-3-9-15-10-4-5-11-16-12-6-8-14;/h15-16H,1-14H2;1H. The van der Waals surface area contributed by atoms with Crippen LogP contribution in [0.15, 0.2) is 0 Å². The molecule has 0 fully saturated rings. The lowest BCUT2D eigenvalue weighted by Gasteiger charge is -2.05. The van der Waals surface area contributed by atoms with Crippen molar-refractivity contribution in [3.8, 4) is 0 Å². The Bertz CT molecular complexity index is 111. The van der Waals surface area contributed by atoms with E-state index >= 15 is 0 Å². The molecule has 0 aliphatic carbocycles. The summed E-state index contributed by atoms with van der Waals surface area (Å²) in [6, 6.07) is 0. The summed E-state index contributed by atoms with van der Waals surface area (Å²) in [6.45, 7) is 6.07. The monoisotopic (exact) mass is 266 g/mol. The predicted octanol–water partition coefficient (Wildman–Crippen LogP) is 0.845. The van der Waals surface area contributed by atoms with Crippen LogP contribution in [0.5, 0.6) is 0 Å². The van der Waals surface area contributed by atoms with Crippen molar-refractivity contribution in [1.29, 1.82) is 0 Å². The average Bonchev–Trinajstić information content (AvgIpc) is 2.31. The SMILES string of the molecule is Cl.NCCCCCNCCCCNCCCN. The summed E-state index contributed by atoms with van der Waals surface area (Å²) in [7, 11) is 0. The van der Waals surface area contributed by atoms with Crippen LogP contribution in [0.3, 0.4) is 0 Å². The van der Waals surface area contributed by atoms with Crippen molar-refractivity contribution in [2.75, 3.05) is 39.3 Å². The fraction of sp³-hybridized carbons (Fsp3) is 1.00. The number of nitrogens with two attached hydrogens (primary N) is 2. The molecule has 0 spiro atoms. The first kappa shape index (κ1) is 19.5. The van der Waals surface area contributed by atoms with Crippen LogP contribution in [0, 0.1) is 0 Å². The third kappa shape index (κ3) is 18.7. The fourth-order valence-electron chi connectivity index (χ4n) is 1.55. The summed E-state index contributed by atoms with van der Waals surface area (Å²) in [5, 5.41) is 6.84. The van der Waals surface area contributed by atoms with Gasteiger partial charge >= 0.3 is 0 Å². The largest absolute Gasteiger partial charge is 0.330 e. The van der Waals surface area contributed by atoms with Gasteiger partial charge in [0.25, 0.3) is 0 Å². The van der Waals surface area contributed by atoms with Crippen LogP contribution in [0.2, 0.25) is 0 Å². The highest BCUT2D eigenvalue weighted by molar-refractivity contribution is 5.85. The summed E-state index contributed by atoms with van der Waals surface area (Å²) in [6.07, 6.45) is 7.26. The van der Waals surface area contributed by atoms with Gasteiger partial charge in [-0.05, 0) is 71.4 Å². The van der Waals surface area contributed by atoms with Gasteiger partial charge in [-0.2, -0.15) is 0 Å². The summed E-state index contributed by atoms with van der Waals surface area (Å²) in [5.41, 5.74) is 10.8. The molecule has 0 saturated carbocycles. The topological polar surface area (TPSA) is 76.1 Å². The summed E-state index contributed by atoms with van der Waals surface area (Å²) in [5.74, 6) is 0. The molecule has 0 saturated heterocycles. The van der Waals surface area contributed by atoms with Crippen LogP contribution in [0.4, 0.5) is 0 Å². The second kappa shape index (κ2) is 18.5. The van der Waals surface area contributed by atoms with Crippen molar-refractivity contribution in [3.63, 3.8) is 0 Å². The highest BCUT2D eigenvalue weighted by Crippen LogP contribution is 1.91. The van der Waals surface area contributed by atoms with E-state index in [1.54, 1.807) is 0 Å². The minimum atomic E-state index is 0. The molecule has 0 heterocycles. The molecule has 0 aromatic carbocycles. The summed E-state index contributed by atoms with van der Waals surface area (Å²) < 4.78 is 0. The second-order valence-corrected chi connectivity index (χ2v) is 4.20. The zero-order valence-corrected chi connectivity index (χ0v) is 11.9. The number of rotatable bonds is 13. The molecular weight excluding hydrogens is 236 g/mol. The van der Waals surface area contributed by atoms with E-state index in [1.165, 1.54) is 25.7 Å². The van der Waals surface area contributed by atoms with Crippen molar-refractivity contribution < 1.29 is 0 Å². The Morgan fingerprint density at radius 1 is 0.529 bits per heavy atom. The maximum absolute atomic E-state index is 5.42. The average molecular weight is 267 g/mol. The smallest absolute Gasteiger partial charge is 0.00369 e. The molecule has 4 nitrogen and oxygen atoms in total. The summed E-state index contributed by atoms with van der Waals surface area (Å²) in [4.78, 5) is 0. The number of unbranched alkanes of at least 4 members (excludes halogenated alkanes) is 3. The van der Waals surface area contributed by atoms with Gasteiger partial charge in [-0.15, -0.1) is 12.4 Å². The van der Waals surface area contributed by atoms with Gasteiger partial charge in [-0.25, -0.2) is 0 Å². The molecule has 5 heteroatoms. The molecule has 0 unspecified atom stereocenters. The molecule has 6 N–H and O–H groups in total. The number of halogens is 1. The van der Waals surface area contributed by atoms with E-state index in [4.69, 9.17) is 11.5 Å². The van der Waals surface area contributed by atoms with Crippen LogP contribution in [0.25, 0.3) is 0 Å². The molecule has 0 bridgehead atoms. The van der Waals surface area contributed by atoms with E-state index in [0.717, 1.165) is 52.1 Å². The van der Waals surface area contributed by atoms with Crippen LogP contribution >= 0.6 is 12.4 Å². The van der Waals surface area contributed by atoms with E-state index < -0.39 is 0 Å². The van der Waals surface area contributed by atoms with Gasteiger partial charge < -0.3 is 22.1 Å². The van der Waals surface area contributed by atoms with Crippen LogP contribution in [-0.4, -0.2) is 39.3 Å². The molecule has 0 rings (SSSR count). The van der Waals surface area contributed by atoms with Gasteiger partial charge in [-0.1, -0.05) is 6.42 Å². The minimum Gasteiger partial charge on any atom is -0.330 e. The Hall–Kier alpha value is 0.130. The Labute approximate surface area is 113 Å². The zero-order valence-electron chi connectivity index (χ0n) is 11.0. The van der Waals surface area contributed by atoms with Crippen molar-refractivity contribution in [1.82, 2.24) is 10.6 Å². The van der Waals surface area contributed by atoms with Gasteiger partial charge in [0.2, 0.25) is 0 Å². The quantitative estimate of drug-likeness (QED) is 0.373. The number of hydrogen-bond donors (Lipinski definition) is 4. The van der Waals surface area contributed by atoms with Crippen LogP contribution in [0.1, 0.15) is 38.5 Å². The number of hydrogen-bond acceptors (Lipinski definition) is 4. The Morgan fingerprint density at radius 3 is 1.41 bits per heavy atom. The second-order valence-electron chi connectivity index (χ2n) is 4.20. The maximum atomic E-state index is 5.42. The number of nitrogens with one attached hydrogen (secondary N) is 2. The summed E-state index contributed by atoms with van der Waals surface area (Å²) >= 11 is 0. The zero-order chi connectivity index (χ0) is 11.9. The van der Waals surface area contributed by atoms with Crippen molar-refractivity contribution in [2.24, 2.45) is 11.5 Å². The first-order chi connectivity index (χ1) is 7.91. The molecule has 17 heavy (non-hydrogen) atoms. The fourth-order valence-corrected chi connectivity index (χ4v) is 1.55. The lowest BCUT2D eigenvalue weighted by atomic mass is 10.2. The highest BCUT2D eigenvalue weighted by Gasteiger charge is 1.90. The molecule has 0 aromatic rings. The maximum Gasteiger partial charge on any atom is -0.00369 e. The molecule has 0 aromatic heterocycles. The molecular formula is C12H31ClN4. The Balaban J connectivity index is 0. The third-order valence-electron chi connectivity index (χ3n) is 2.57. The first-order valence-corrected chi connectivity index (χ1v) is 6.73. The molecule has 0 atom stereocenters. The molecule has 106 valence electrons. The predicted molar refractivity (Wildman–Crippen MR) is 78.8 cm³/mol. The Morgan fingerprint density at radius 2 is 0.941 bits per heavy atom. The van der Waals surface area contributed by atoms with E-state index in [9.17, 15) is 0 Å². The lowest BCUT2D eigenvalue weighted by molar-refractivity contribution is 0.558. The lowest BCUT2D eigenvalue weighted by Crippen LogP contribution is -2.21. The van der Waals surface area contributed by atoms with Crippen molar-refractivity contribution >= 4 is 12.4 Å².